The second kappa shape index (κ2) is 11.4. The van der Waals surface area contributed by atoms with Crippen molar-refractivity contribution < 1.29 is 23.5 Å². The normalized spacial score (nSPS) is 15.5. The first-order valence-electron chi connectivity index (χ1n) is 11.9. The summed E-state index contributed by atoms with van der Waals surface area (Å²) in [7, 11) is 0. The van der Waals surface area contributed by atoms with E-state index in [4.69, 9.17) is 16.3 Å². The SMILES string of the molecule is CCOC(=O)C1=C(C)N(Cc2cccc(C(=O)Nc3ccc(F)cc3)c2)C(=O)CC1c1ccc(Cl)cc1. The number of nitrogens with zero attached hydrogens (tertiary/aromatic N) is 1. The Bertz CT molecular complexity index is 1350. The van der Waals surface area contributed by atoms with E-state index in [1.165, 1.54) is 24.3 Å². The van der Waals surface area contributed by atoms with Gasteiger partial charge in [0.15, 0.2) is 0 Å². The molecule has 0 radical (unpaired) electrons. The lowest BCUT2D eigenvalue weighted by Crippen LogP contribution is -2.38. The van der Waals surface area contributed by atoms with Gasteiger partial charge in [-0.25, -0.2) is 9.18 Å². The number of allylic oxidation sites excluding steroid dienone is 1. The van der Waals surface area contributed by atoms with Gasteiger partial charge in [-0.3, -0.25) is 9.59 Å². The standard InChI is InChI=1S/C29H26ClFN2O4/c1-3-37-29(36)27-18(2)33(26(34)16-25(27)20-7-9-22(30)10-8-20)17-19-5-4-6-21(15-19)28(35)32-24-13-11-23(31)12-14-24/h4-15,25H,3,16-17H2,1-2H3,(H,32,35). The number of carbonyl (C=O) groups excluding carboxylic acids is 3. The highest BCUT2D eigenvalue weighted by Crippen LogP contribution is 2.38. The lowest BCUT2D eigenvalue weighted by molar-refractivity contribution is -0.140. The molecule has 0 saturated heterocycles. The molecule has 6 nitrogen and oxygen atoms in total. The average molecular weight is 521 g/mol. The zero-order valence-corrected chi connectivity index (χ0v) is 21.2. The molecule has 1 aliphatic heterocycles. The molecule has 0 fully saturated rings. The molecule has 3 aromatic carbocycles. The zero-order chi connectivity index (χ0) is 26.5. The summed E-state index contributed by atoms with van der Waals surface area (Å²) in [4.78, 5) is 40.6. The van der Waals surface area contributed by atoms with E-state index >= 15 is 0 Å². The molecule has 3 aromatic rings. The van der Waals surface area contributed by atoms with Crippen LogP contribution in [0.4, 0.5) is 10.1 Å². The average Bonchev–Trinajstić information content (AvgIpc) is 2.88. The molecule has 4 rings (SSSR count). The van der Waals surface area contributed by atoms with Gasteiger partial charge < -0.3 is 15.0 Å². The second-order valence-electron chi connectivity index (χ2n) is 8.67. The van der Waals surface area contributed by atoms with Crippen molar-refractivity contribution in [3.8, 4) is 0 Å². The highest BCUT2D eigenvalue weighted by Gasteiger charge is 2.36. The van der Waals surface area contributed by atoms with Gasteiger partial charge >= 0.3 is 5.97 Å². The van der Waals surface area contributed by atoms with Crippen molar-refractivity contribution in [3.63, 3.8) is 0 Å². The Morgan fingerprint density at radius 2 is 1.78 bits per heavy atom. The third-order valence-corrected chi connectivity index (χ3v) is 6.47. The van der Waals surface area contributed by atoms with Crippen LogP contribution in [0.5, 0.6) is 0 Å². The van der Waals surface area contributed by atoms with E-state index in [-0.39, 0.29) is 31.4 Å². The minimum absolute atomic E-state index is 0.0951. The van der Waals surface area contributed by atoms with E-state index < -0.39 is 17.7 Å². The van der Waals surface area contributed by atoms with Crippen molar-refractivity contribution in [2.45, 2.75) is 32.7 Å². The summed E-state index contributed by atoms with van der Waals surface area (Å²) < 4.78 is 18.5. The Morgan fingerprint density at radius 3 is 2.46 bits per heavy atom. The van der Waals surface area contributed by atoms with E-state index in [0.29, 0.717) is 33.1 Å². The molecular weight excluding hydrogens is 495 g/mol. The van der Waals surface area contributed by atoms with Crippen LogP contribution in [0, 0.1) is 5.82 Å². The predicted octanol–water partition coefficient (Wildman–Crippen LogP) is 6.08. The fourth-order valence-electron chi connectivity index (χ4n) is 4.39. The van der Waals surface area contributed by atoms with Gasteiger partial charge in [0, 0.05) is 34.3 Å². The lowest BCUT2D eigenvalue weighted by Gasteiger charge is -2.34. The van der Waals surface area contributed by atoms with E-state index in [1.807, 2.05) is 18.2 Å². The molecule has 8 heteroatoms. The molecule has 1 unspecified atom stereocenters. The summed E-state index contributed by atoms with van der Waals surface area (Å²) in [6.45, 7) is 3.86. The van der Waals surface area contributed by atoms with Gasteiger partial charge in [-0.1, -0.05) is 35.9 Å². The van der Waals surface area contributed by atoms with Crippen LogP contribution in [0.15, 0.2) is 84.1 Å². The van der Waals surface area contributed by atoms with Gasteiger partial charge in [0.2, 0.25) is 5.91 Å². The Hall–Kier alpha value is -3.97. The molecule has 2 amide bonds. The number of nitrogens with one attached hydrogen (secondary N) is 1. The molecule has 0 bridgehead atoms. The van der Waals surface area contributed by atoms with E-state index in [9.17, 15) is 18.8 Å². The molecule has 0 aliphatic carbocycles. The molecule has 1 N–H and O–H groups in total. The lowest BCUT2D eigenvalue weighted by atomic mass is 9.83. The van der Waals surface area contributed by atoms with Crippen molar-refractivity contribution in [2.75, 3.05) is 11.9 Å². The van der Waals surface area contributed by atoms with Crippen LogP contribution in [0.25, 0.3) is 0 Å². The number of rotatable bonds is 7. The number of hydrogen-bond acceptors (Lipinski definition) is 4. The van der Waals surface area contributed by atoms with E-state index in [0.717, 1.165) is 5.56 Å². The number of amides is 2. The summed E-state index contributed by atoms with van der Waals surface area (Å²) in [5, 5.41) is 3.30. The largest absolute Gasteiger partial charge is 0.463 e. The minimum atomic E-state index is -0.468. The number of halogens is 2. The Labute approximate surface area is 219 Å². The van der Waals surface area contributed by atoms with Crippen LogP contribution in [-0.2, 0) is 20.9 Å². The van der Waals surface area contributed by atoms with Gasteiger partial charge in [-0.15, -0.1) is 0 Å². The molecular formula is C29H26ClFN2O4. The van der Waals surface area contributed by atoms with Gasteiger partial charge in [0.1, 0.15) is 5.82 Å². The van der Waals surface area contributed by atoms with Gasteiger partial charge in [-0.2, -0.15) is 0 Å². The topological polar surface area (TPSA) is 75.7 Å². The van der Waals surface area contributed by atoms with Crippen molar-refractivity contribution >= 4 is 35.1 Å². The number of benzene rings is 3. The number of ether oxygens (including phenoxy) is 1. The summed E-state index contributed by atoms with van der Waals surface area (Å²) in [6.07, 6.45) is 0.0951. The quantitative estimate of drug-likeness (QED) is 0.383. The van der Waals surface area contributed by atoms with E-state index in [2.05, 4.69) is 5.32 Å². The summed E-state index contributed by atoms with van der Waals surface area (Å²) in [5.74, 6) is -1.82. The van der Waals surface area contributed by atoms with Gasteiger partial charge in [0.25, 0.3) is 5.91 Å². The second-order valence-corrected chi connectivity index (χ2v) is 9.11. The van der Waals surface area contributed by atoms with Crippen LogP contribution in [0.2, 0.25) is 5.02 Å². The maximum atomic E-state index is 13.3. The first kappa shape index (κ1) is 26.1. The summed E-state index contributed by atoms with van der Waals surface area (Å²) >= 11 is 6.03. The molecule has 1 heterocycles. The van der Waals surface area contributed by atoms with Crippen molar-refractivity contribution in [1.29, 1.82) is 0 Å². The molecule has 0 spiro atoms. The molecule has 190 valence electrons. The first-order valence-corrected chi connectivity index (χ1v) is 12.2. The Balaban J connectivity index is 1.61. The number of esters is 1. The zero-order valence-electron chi connectivity index (χ0n) is 20.5. The Kier molecular flexibility index (Phi) is 8.04. The molecule has 0 aromatic heterocycles. The fraction of sp³-hybridized carbons (Fsp3) is 0.207. The maximum absolute atomic E-state index is 13.3. The Morgan fingerprint density at radius 1 is 1.08 bits per heavy atom. The van der Waals surface area contributed by atoms with Crippen LogP contribution < -0.4 is 5.32 Å². The van der Waals surface area contributed by atoms with Crippen LogP contribution >= 0.6 is 11.6 Å². The minimum Gasteiger partial charge on any atom is -0.463 e. The van der Waals surface area contributed by atoms with Gasteiger partial charge in [-0.05, 0) is 73.5 Å². The highest BCUT2D eigenvalue weighted by molar-refractivity contribution is 6.30. The smallest absolute Gasteiger partial charge is 0.336 e. The van der Waals surface area contributed by atoms with Crippen molar-refractivity contribution in [1.82, 2.24) is 4.90 Å². The third kappa shape index (κ3) is 6.06. The summed E-state index contributed by atoms with van der Waals surface area (Å²) in [5.41, 5.74) is 3.31. The van der Waals surface area contributed by atoms with Crippen LogP contribution in [0.3, 0.4) is 0 Å². The monoisotopic (exact) mass is 520 g/mol. The number of anilines is 1. The summed E-state index contributed by atoms with van der Waals surface area (Å²) in [6, 6.07) is 19.5. The number of carbonyl (C=O) groups is 3. The molecule has 1 atom stereocenters. The fourth-order valence-corrected chi connectivity index (χ4v) is 4.51. The van der Waals surface area contributed by atoms with Crippen molar-refractivity contribution in [3.05, 3.63) is 112 Å². The van der Waals surface area contributed by atoms with Gasteiger partial charge in [0.05, 0.1) is 18.7 Å². The molecule has 0 saturated carbocycles. The van der Waals surface area contributed by atoms with Crippen molar-refractivity contribution in [2.24, 2.45) is 0 Å². The third-order valence-electron chi connectivity index (χ3n) is 6.22. The maximum Gasteiger partial charge on any atom is 0.336 e. The predicted molar refractivity (Wildman–Crippen MR) is 139 cm³/mol. The van der Waals surface area contributed by atoms with Crippen LogP contribution in [-0.4, -0.2) is 29.3 Å². The molecule has 1 aliphatic rings. The highest BCUT2D eigenvalue weighted by atomic mass is 35.5. The number of hydrogen-bond donors (Lipinski definition) is 1. The molecule has 37 heavy (non-hydrogen) atoms. The first-order chi connectivity index (χ1) is 17.8. The van der Waals surface area contributed by atoms with Crippen LogP contribution in [0.1, 0.15) is 47.7 Å². The van der Waals surface area contributed by atoms with E-state index in [1.54, 1.807) is 49.1 Å².